The Morgan fingerprint density at radius 1 is 1.10 bits per heavy atom. The Bertz CT molecular complexity index is 1320. The van der Waals surface area contributed by atoms with E-state index in [4.69, 9.17) is 21.3 Å². The van der Waals surface area contributed by atoms with E-state index in [2.05, 4.69) is 43.6 Å². The van der Waals surface area contributed by atoms with E-state index in [1.807, 2.05) is 36.6 Å². The number of hydrogen-bond acceptors (Lipinski definition) is 10. The topological polar surface area (TPSA) is 89.0 Å². The number of aliphatic hydroxyl groups is 1. The quantitative estimate of drug-likeness (QED) is 0.218. The van der Waals surface area contributed by atoms with Crippen LogP contribution in [0.25, 0.3) is 0 Å². The Morgan fingerprint density at radius 2 is 1.90 bits per heavy atom. The smallest absolute Gasteiger partial charge is 0.229 e. The molecule has 3 aromatic rings. The number of piperazine rings is 1. The third-order valence-corrected chi connectivity index (χ3v) is 8.93. The Labute approximate surface area is 252 Å². The zero-order valence-corrected chi connectivity index (χ0v) is 25.6. The van der Waals surface area contributed by atoms with Gasteiger partial charge in [-0.2, -0.15) is 4.98 Å². The summed E-state index contributed by atoms with van der Waals surface area (Å²) in [5.74, 6) is 1.84. The second kappa shape index (κ2) is 14.0. The molecule has 0 radical (unpaired) electrons. The van der Waals surface area contributed by atoms with Crippen molar-refractivity contribution in [3.05, 3.63) is 58.7 Å². The van der Waals surface area contributed by atoms with Crippen LogP contribution in [0.5, 0.6) is 5.75 Å². The van der Waals surface area contributed by atoms with E-state index in [0.717, 1.165) is 74.0 Å². The molecule has 11 heteroatoms. The van der Waals surface area contributed by atoms with Crippen LogP contribution in [-0.2, 0) is 12.8 Å². The van der Waals surface area contributed by atoms with E-state index in [1.165, 1.54) is 17.5 Å². The number of ether oxygens (including phenoxy) is 1. The predicted molar refractivity (Wildman–Crippen MR) is 168 cm³/mol. The first-order valence-corrected chi connectivity index (χ1v) is 15.4. The molecule has 0 spiro atoms. The molecule has 2 aliphatic rings. The molecule has 2 heterocycles. The summed E-state index contributed by atoms with van der Waals surface area (Å²) in [4.78, 5) is 15.2. The van der Waals surface area contributed by atoms with Crippen LogP contribution in [0.2, 0.25) is 5.02 Å². The monoisotopic (exact) mass is 597 g/mol. The largest absolute Gasteiger partial charge is 0.494 e. The summed E-state index contributed by atoms with van der Waals surface area (Å²) in [6.45, 7) is 5.16. The van der Waals surface area contributed by atoms with Gasteiger partial charge in [-0.05, 0) is 81.1 Å². The van der Waals surface area contributed by atoms with Gasteiger partial charge in [0.25, 0.3) is 0 Å². The Kier molecular flexibility index (Phi) is 10.2. The summed E-state index contributed by atoms with van der Waals surface area (Å²) in [6.07, 6.45) is 5.89. The number of para-hydroxylation sites is 1. The number of aliphatic hydroxyl groups excluding tert-OH is 1. The Morgan fingerprint density at radius 3 is 2.66 bits per heavy atom. The van der Waals surface area contributed by atoms with Gasteiger partial charge in [-0.25, -0.2) is 4.98 Å². The summed E-state index contributed by atoms with van der Waals surface area (Å²) in [6, 6.07) is 12.9. The molecule has 1 aromatic heterocycles. The number of benzene rings is 2. The van der Waals surface area contributed by atoms with E-state index in [-0.39, 0.29) is 6.61 Å². The van der Waals surface area contributed by atoms with Gasteiger partial charge in [0.1, 0.15) is 10.8 Å². The van der Waals surface area contributed by atoms with Crippen molar-refractivity contribution >= 4 is 46.7 Å². The maximum Gasteiger partial charge on any atom is 0.229 e. The Hall–Kier alpha value is -2.60. The number of rotatable bonds is 10. The lowest BCUT2D eigenvalue weighted by Crippen LogP contribution is -2.51. The van der Waals surface area contributed by atoms with Crippen LogP contribution in [0.3, 0.4) is 0 Å². The second-order valence-electron chi connectivity index (χ2n) is 10.7. The minimum atomic E-state index is 0.232. The average Bonchev–Trinajstić information content (AvgIpc) is 3.19. The van der Waals surface area contributed by atoms with Crippen molar-refractivity contribution in [3.63, 3.8) is 0 Å². The normalized spacial score (nSPS) is 18.1. The number of nitrogens with zero attached hydrogens (tertiary/aromatic N) is 5. The number of halogens is 1. The molecule has 3 N–H and O–H groups in total. The van der Waals surface area contributed by atoms with Crippen molar-refractivity contribution in [1.82, 2.24) is 24.1 Å². The first-order chi connectivity index (χ1) is 19.9. The lowest BCUT2D eigenvalue weighted by Gasteiger charge is -2.39. The number of hydrogen-bond donors (Lipinski definition) is 3. The number of aromatic nitrogens is 2. The molecule has 41 heavy (non-hydrogen) atoms. The van der Waals surface area contributed by atoms with Gasteiger partial charge in [0.2, 0.25) is 5.95 Å². The molecule has 5 rings (SSSR count). The van der Waals surface area contributed by atoms with E-state index in [1.54, 1.807) is 25.3 Å². The molecule has 0 bridgehead atoms. The van der Waals surface area contributed by atoms with Gasteiger partial charge in [-0.3, -0.25) is 14.1 Å². The highest BCUT2D eigenvalue weighted by atomic mass is 35.5. The molecular weight excluding hydrogens is 558 g/mol. The average molecular weight is 598 g/mol. The van der Waals surface area contributed by atoms with Gasteiger partial charge < -0.3 is 20.5 Å². The highest BCUT2D eigenvalue weighted by Gasteiger charge is 2.28. The number of nitrogens with one attached hydrogen (secondary N) is 2. The van der Waals surface area contributed by atoms with Gasteiger partial charge in [-0.1, -0.05) is 29.8 Å². The van der Waals surface area contributed by atoms with E-state index < -0.39 is 0 Å². The molecule has 1 fully saturated rings. The molecular formula is C30H40ClN7O2S. The minimum Gasteiger partial charge on any atom is -0.494 e. The van der Waals surface area contributed by atoms with Crippen molar-refractivity contribution in [1.29, 1.82) is 0 Å². The standard InChI is InChI=1S/C30H40ClN7O2S/c1-36(2)41-27-10-5-4-9-25(27)33-29-24(31)20-32-30(35-29)34-26-12-11-21-19-22(7-6-8-23(21)28(26)40-3)38-15-13-37(14-16-38)17-18-39/h4-5,9-12,20,22,39H,6-8,13-19H2,1-3H3,(H2,32,33,34,35). The van der Waals surface area contributed by atoms with Crippen LogP contribution in [0.15, 0.2) is 47.5 Å². The van der Waals surface area contributed by atoms with Crippen molar-refractivity contribution in [2.75, 3.05) is 71.2 Å². The molecule has 1 aliphatic carbocycles. The SMILES string of the molecule is COc1c(Nc2ncc(Cl)c(Nc3ccccc3SN(C)C)n2)ccc2c1CCCC(N1CCN(CCO)CC1)C2. The van der Waals surface area contributed by atoms with Crippen molar-refractivity contribution in [2.45, 2.75) is 36.6 Å². The number of β-amino-alcohol motifs (C(OH)–C–C–N with tert-alkyl or cyclic N) is 1. The van der Waals surface area contributed by atoms with Crippen LogP contribution in [0.4, 0.5) is 23.1 Å². The molecule has 1 unspecified atom stereocenters. The maximum absolute atomic E-state index is 9.27. The predicted octanol–water partition coefficient (Wildman–Crippen LogP) is 5.05. The summed E-state index contributed by atoms with van der Waals surface area (Å²) in [5, 5.41) is 16.5. The van der Waals surface area contributed by atoms with Crippen LogP contribution in [0.1, 0.15) is 24.0 Å². The fraction of sp³-hybridized carbons (Fsp3) is 0.467. The molecule has 0 saturated carbocycles. The molecule has 220 valence electrons. The van der Waals surface area contributed by atoms with Crippen LogP contribution in [0, 0.1) is 0 Å². The first kappa shape index (κ1) is 29.9. The summed E-state index contributed by atoms with van der Waals surface area (Å²) >= 11 is 8.13. The van der Waals surface area contributed by atoms with Gasteiger partial charge in [0.05, 0.1) is 31.3 Å². The van der Waals surface area contributed by atoms with Crippen LogP contribution in [-0.4, -0.2) is 95.8 Å². The molecule has 1 aliphatic heterocycles. The van der Waals surface area contributed by atoms with E-state index >= 15 is 0 Å². The highest BCUT2D eigenvalue weighted by molar-refractivity contribution is 7.97. The molecule has 1 saturated heterocycles. The fourth-order valence-electron chi connectivity index (χ4n) is 5.75. The van der Waals surface area contributed by atoms with Crippen molar-refractivity contribution in [2.24, 2.45) is 0 Å². The zero-order valence-electron chi connectivity index (χ0n) is 24.1. The molecule has 1 atom stereocenters. The first-order valence-electron chi connectivity index (χ1n) is 14.2. The van der Waals surface area contributed by atoms with E-state index in [9.17, 15) is 5.11 Å². The summed E-state index contributed by atoms with van der Waals surface area (Å²) in [5.41, 5.74) is 4.38. The third kappa shape index (κ3) is 7.43. The third-order valence-electron chi connectivity index (χ3n) is 7.73. The summed E-state index contributed by atoms with van der Waals surface area (Å²) < 4.78 is 8.03. The number of anilines is 4. The zero-order chi connectivity index (χ0) is 28.8. The van der Waals surface area contributed by atoms with Gasteiger partial charge in [0.15, 0.2) is 5.82 Å². The van der Waals surface area contributed by atoms with Gasteiger partial charge in [0, 0.05) is 43.7 Å². The van der Waals surface area contributed by atoms with Crippen LogP contribution >= 0.6 is 23.5 Å². The van der Waals surface area contributed by atoms with Crippen LogP contribution < -0.4 is 15.4 Å². The molecule has 9 nitrogen and oxygen atoms in total. The number of fused-ring (bicyclic) bond motifs is 1. The van der Waals surface area contributed by atoms with Crippen molar-refractivity contribution < 1.29 is 9.84 Å². The minimum absolute atomic E-state index is 0.232. The van der Waals surface area contributed by atoms with Gasteiger partial charge in [-0.15, -0.1) is 0 Å². The fourth-order valence-corrected chi connectivity index (χ4v) is 6.64. The lowest BCUT2D eigenvalue weighted by atomic mass is 9.98. The van der Waals surface area contributed by atoms with Crippen molar-refractivity contribution in [3.8, 4) is 5.75 Å². The molecule has 2 aromatic carbocycles. The molecule has 0 amide bonds. The summed E-state index contributed by atoms with van der Waals surface area (Å²) in [7, 11) is 5.75. The lowest BCUT2D eigenvalue weighted by molar-refractivity contribution is 0.0805. The second-order valence-corrected chi connectivity index (χ2v) is 12.4. The van der Waals surface area contributed by atoms with Gasteiger partial charge >= 0.3 is 0 Å². The number of methoxy groups -OCH3 is 1. The maximum atomic E-state index is 9.27. The highest BCUT2D eigenvalue weighted by Crippen LogP contribution is 2.38. The van der Waals surface area contributed by atoms with E-state index in [0.29, 0.717) is 22.8 Å². The Balaban J connectivity index is 1.33.